The van der Waals surface area contributed by atoms with E-state index in [2.05, 4.69) is 21.2 Å². The number of anilines is 1. The molecule has 0 aliphatic carbocycles. The van der Waals surface area contributed by atoms with Crippen LogP contribution >= 0.6 is 15.9 Å². The molecular weight excluding hydrogens is 487 g/mol. The molecule has 0 atom stereocenters. The van der Waals surface area contributed by atoms with Gasteiger partial charge < -0.3 is 14.8 Å². The molecule has 0 radical (unpaired) electrons. The molecule has 0 fully saturated rings. The average molecular weight is 509 g/mol. The van der Waals surface area contributed by atoms with E-state index in [0.717, 1.165) is 11.1 Å². The van der Waals surface area contributed by atoms with Crippen LogP contribution in [0.2, 0.25) is 0 Å². The average Bonchev–Trinajstić information content (AvgIpc) is 2.79. The Balaban J connectivity index is 1.84. The van der Waals surface area contributed by atoms with Crippen LogP contribution in [0.4, 0.5) is 10.1 Å². The second kappa shape index (κ2) is 10.8. The van der Waals surface area contributed by atoms with Gasteiger partial charge in [0.25, 0.3) is 5.91 Å². The lowest BCUT2D eigenvalue weighted by Gasteiger charge is -2.13. The van der Waals surface area contributed by atoms with E-state index in [1.807, 2.05) is 32.0 Å². The maximum atomic E-state index is 13.9. The van der Waals surface area contributed by atoms with Crippen molar-refractivity contribution < 1.29 is 18.7 Å². The van der Waals surface area contributed by atoms with E-state index in [1.165, 1.54) is 19.3 Å². The van der Waals surface area contributed by atoms with Crippen molar-refractivity contribution in [1.82, 2.24) is 0 Å². The lowest BCUT2D eigenvalue weighted by molar-refractivity contribution is -0.112. The molecule has 0 heterocycles. The molecule has 3 aromatic carbocycles. The van der Waals surface area contributed by atoms with Gasteiger partial charge in [-0.2, -0.15) is 5.26 Å². The second-order valence-corrected chi connectivity index (χ2v) is 8.20. The number of nitriles is 1. The monoisotopic (exact) mass is 508 g/mol. The second-order valence-electron chi connectivity index (χ2n) is 7.35. The molecule has 0 aliphatic heterocycles. The van der Waals surface area contributed by atoms with Crippen molar-refractivity contribution in [2.24, 2.45) is 0 Å². The van der Waals surface area contributed by atoms with E-state index in [0.29, 0.717) is 32.8 Å². The highest BCUT2D eigenvalue weighted by Crippen LogP contribution is 2.35. The van der Waals surface area contributed by atoms with Crippen molar-refractivity contribution >= 4 is 33.6 Å². The summed E-state index contributed by atoms with van der Waals surface area (Å²) < 4.78 is 25.6. The standard InChI is InChI=1S/C26H22BrFN2O3/c1-16-8-9-23(17(2)10-16)30-26(31)20(14-29)11-19-12-24(32-3)25(13-21(19)27)33-15-18-6-4-5-7-22(18)28/h4-13H,15H2,1-3H3,(H,30,31)/b20-11+. The van der Waals surface area contributed by atoms with E-state index >= 15 is 0 Å². The Kier molecular flexibility index (Phi) is 7.86. The molecule has 1 N–H and O–H groups in total. The third kappa shape index (κ3) is 5.99. The molecule has 3 aromatic rings. The maximum absolute atomic E-state index is 13.9. The fraction of sp³-hybridized carbons (Fsp3) is 0.154. The lowest BCUT2D eigenvalue weighted by Crippen LogP contribution is -2.14. The van der Waals surface area contributed by atoms with Crippen LogP contribution in [-0.2, 0) is 11.4 Å². The fourth-order valence-corrected chi connectivity index (χ4v) is 3.59. The van der Waals surface area contributed by atoms with Crippen molar-refractivity contribution in [3.8, 4) is 17.6 Å². The number of benzene rings is 3. The van der Waals surface area contributed by atoms with Crippen molar-refractivity contribution in [3.05, 3.63) is 92.7 Å². The number of ether oxygens (including phenoxy) is 2. The number of nitrogens with one attached hydrogen (secondary N) is 1. The summed E-state index contributed by atoms with van der Waals surface area (Å²) in [5, 5.41) is 12.3. The number of nitrogens with zero attached hydrogens (tertiary/aromatic N) is 1. The minimum Gasteiger partial charge on any atom is -0.493 e. The van der Waals surface area contributed by atoms with E-state index in [4.69, 9.17) is 9.47 Å². The Morgan fingerprint density at radius 1 is 1.15 bits per heavy atom. The largest absolute Gasteiger partial charge is 0.493 e. The lowest BCUT2D eigenvalue weighted by atomic mass is 10.1. The molecule has 0 aromatic heterocycles. The van der Waals surface area contributed by atoms with Crippen LogP contribution in [0.25, 0.3) is 6.08 Å². The van der Waals surface area contributed by atoms with Crippen LogP contribution in [0.3, 0.4) is 0 Å². The molecule has 0 unspecified atom stereocenters. The molecule has 0 bridgehead atoms. The topological polar surface area (TPSA) is 71.3 Å². The van der Waals surface area contributed by atoms with Crippen LogP contribution in [-0.4, -0.2) is 13.0 Å². The summed E-state index contributed by atoms with van der Waals surface area (Å²) in [5.74, 6) is -0.102. The molecule has 168 valence electrons. The maximum Gasteiger partial charge on any atom is 0.266 e. The quantitative estimate of drug-likeness (QED) is 0.298. The fourth-order valence-electron chi connectivity index (χ4n) is 3.15. The van der Waals surface area contributed by atoms with Crippen molar-refractivity contribution in [3.63, 3.8) is 0 Å². The van der Waals surface area contributed by atoms with Gasteiger partial charge >= 0.3 is 0 Å². The van der Waals surface area contributed by atoms with Gasteiger partial charge in [-0.15, -0.1) is 0 Å². The number of halogens is 2. The summed E-state index contributed by atoms with van der Waals surface area (Å²) in [6, 6.07) is 17.2. The summed E-state index contributed by atoms with van der Waals surface area (Å²) in [6.45, 7) is 3.88. The zero-order chi connectivity index (χ0) is 24.0. The summed E-state index contributed by atoms with van der Waals surface area (Å²) in [5.41, 5.74) is 3.51. The van der Waals surface area contributed by atoms with Crippen molar-refractivity contribution in [1.29, 1.82) is 5.26 Å². The van der Waals surface area contributed by atoms with E-state index in [9.17, 15) is 14.4 Å². The SMILES string of the molecule is COc1cc(/C=C(\C#N)C(=O)Nc2ccc(C)cc2C)c(Br)cc1OCc1ccccc1F. The first-order valence-electron chi connectivity index (χ1n) is 10.1. The zero-order valence-electron chi connectivity index (χ0n) is 18.4. The van der Waals surface area contributed by atoms with Crippen LogP contribution in [0, 0.1) is 31.0 Å². The Hall–Kier alpha value is -3.63. The normalized spacial score (nSPS) is 11.0. The van der Waals surface area contributed by atoms with Gasteiger partial charge in [0, 0.05) is 15.7 Å². The van der Waals surface area contributed by atoms with Gasteiger partial charge in [-0.25, -0.2) is 4.39 Å². The molecule has 5 nitrogen and oxygen atoms in total. The number of amides is 1. The van der Waals surface area contributed by atoms with E-state index < -0.39 is 5.91 Å². The van der Waals surface area contributed by atoms with E-state index in [-0.39, 0.29) is 18.0 Å². The van der Waals surface area contributed by atoms with Gasteiger partial charge in [0.2, 0.25) is 0 Å². The van der Waals surface area contributed by atoms with Gasteiger partial charge in [-0.3, -0.25) is 4.79 Å². The molecule has 0 spiro atoms. The first-order valence-corrected chi connectivity index (χ1v) is 10.9. The summed E-state index contributed by atoms with van der Waals surface area (Å²) in [4.78, 5) is 12.7. The molecule has 3 rings (SSSR count). The van der Waals surface area contributed by atoms with Crippen molar-refractivity contribution in [2.45, 2.75) is 20.5 Å². The minimum absolute atomic E-state index is 0.0202. The molecular formula is C26H22BrFN2O3. The van der Waals surface area contributed by atoms with Crippen molar-refractivity contribution in [2.75, 3.05) is 12.4 Å². The number of hydrogen-bond donors (Lipinski definition) is 1. The first kappa shape index (κ1) is 24.0. The zero-order valence-corrected chi connectivity index (χ0v) is 20.0. The van der Waals surface area contributed by atoms with Gasteiger partial charge in [0.15, 0.2) is 11.5 Å². The minimum atomic E-state index is -0.518. The Morgan fingerprint density at radius 3 is 2.58 bits per heavy atom. The molecule has 0 aliphatic rings. The number of carbonyl (C=O) groups is 1. The Bertz CT molecular complexity index is 1260. The molecule has 0 saturated heterocycles. The summed E-state index contributed by atoms with van der Waals surface area (Å²) in [6.07, 6.45) is 1.46. The van der Waals surface area contributed by atoms with Gasteiger partial charge in [0.05, 0.1) is 7.11 Å². The Morgan fingerprint density at radius 2 is 1.91 bits per heavy atom. The molecule has 0 saturated carbocycles. The molecule has 1 amide bonds. The van der Waals surface area contributed by atoms with Gasteiger partial charge in [-0.05, 0) is 55.3 Å². The van der Waals surface area contributed by atoms with E-state index in [1.54, 1.807) is 36.4 Å². The van der Waals surface area contributed by atoms with Crippen LogP contribution in [0.15, 0.2) is 64.6 Å². The number of methoxy groups -OCH3 is 1. The number of rotatable bonds is 7. The number of hydrogen-bond acceptors (Lipinski definition) is 4. The number of aryl methyl sites for hydroxylation is 2. The third-order valence-electron chi connectivity index (χ3n) is 4.92. The van der Waals surface area contributed by atoms with Crippen LogP contribution < -0.4 is 14.8 Å². The molecule has 33 heavy (non-hydrogen) atoms. The predicted octanol–water partition coefficient (Wildman–Crippen LogP) is 6.34. The third-order valence-corrected chi connectivity index (χ3v) is 5.61. The smallest absolute Gasteiger partial charge is 0.266 e. The Labute approximate surface area is 200 Å². The highest BCUT2D eigenvalue weighted by atomic mass is 79.9. The summed E-state index contributed by atoms with van der Waals surface area (Å²) >= 11 is 3.45. The van der Waals surface area contributed by atoms with Gasteiger partial charge in [0.1, 0.15) is 24.1 Å². The first-order chi connectivity index (χ1) is 15.8. The highest BCUT2D eigenvalue weighted by Gasteiger charge is 2.15. The summed E-state index contributed by atoms with van der Waals surface area (Å²) in [7, 11) is 1.48. The van der Waals surface area contributed by atoms with Gasteiger partial charge in [-0.1, -0.05) is 51.8 Å². The molecule has 7 heteroatoms. The van der Waals surface area contributed by atoms with Crippen LogP contribution in [0.1, 0.15) is 22.3 Å². The highest BCUT2D eigenvalue weighted by molar-refractivity contribution is 9.10. The predicted molar refractivity (Wildman–Crippen MR) is 130 cm³/mol. The van der Waals surface area contributed by atoms with Crippen LogP contribution in [0.5, 0.6) is 11.5 Å². The number of carbonyl (C=O) groups excluding carboxylic acids is 1.